The van der Waals surface area contributed by atoms with Gasteiger partial charge in [0.2, 0.25) is 5.91 Å². The molecule has 0 aliphatic heterocycles. The van der Waals surface area contributed by atoms with Crippen LogP contribution in [0.5, 0.6) is 0 Å². The summed E-state index contributed by atoms with van der Waals surface area (Å²) in [6.07, 6.45) is 0.257. The van der Waals surface area contributed by atoms with E-state index < -0.39 is 5.97 Å². The summed E-state index contributed by atoms with van der Waals surface area (Å²) in [4.78, 5) is 22.8. The molecular weight excluding hydrogens is 270 g/mol. The number of nitrogens with zero attached hydrogens (tertiary/aromatic N) is 1. The van der Waals surface area contributed by atoms with Gasteiger partial charge in [-0.15, -0.1) is 0 Å². The third-order valence-electron chi connectivity index (χ3n) is 3.28. The van der Waals surface area contributed by atoms with Gasteiger partial charge in [0, 0.05) is 17.8 Å². The second kappa shape index (κ2) is 6.21. The number of carboxylic acid groups (broad SMARTS) is 1. The van der Waals surface area contributed by atoms with Gasteiger partial charge in [-0.2, -0.15) is 5.10 Å². The minimum atomic E-state index is -0.979. The van der Waals surface area contributed by atoms with Crippen LogP contribution in [0.15, 0.2) is 24.3 Å². The van der Waals surface area contributed by atoms with E-state index >= 15 is 0 Å². The van der Waals surface area contributed by atoms with E-state index in [4.69, 9.17) is 5.11 Å². The average Bonchev–Trinajstić information content (AvgIpc) is 2.77. The number of amides is 1. The number of carbonyl (C=O) groups is 2. The highest BCUT2D eigenvalue weighted by molar-refractivity contribution is 5.87. The Morgan fingerprint density at radius 2 is 2.10 bits per heavy atom. The average molecular weight is 287 g/mol. The molecule has 2 rings (SSSR count). The van der Waals surface area contributed by atoms with Crippen molar-refractivity contribution >= 4 is 11.9 Å². The second-order valence-electron chi connectivity index (χ2n) is 4.87. The van der Waals surface area contributed by atoms with E-state index in [-0.39, 0.29) is 17.9 Å². The van der Waals surface area contributed by atoms with Crippen molar-refractivity contribution in [1.29, 1.82) is 0 Å². The summed E-state index contributed by atoms with van der Waals surface area (Å²) in [6, 6.07) is 6.51. The number of aryl methyl sites for hydroxylation is 2. The molecule has 1 aromatic carbocycles. The molecule has 110 valence electrons. The molecule has 1 amide bonds. The number of hydrogen-bond donors (Lipinski definition) is 3. The van der Waals surface area contributed by atoms with Gasteiger partial charge in [-0.3, -0.25) is 9.89 Å². The SMILES string of the molecule is Cc1n[nH]c(C)c1CC(=O)NCc1cccc(C(=O)O)c1. The first-order chi connectivity index (χ1) is 9.97. The van der Waals surface area contributed by atoms with E-state index in [0.29, 0.717) is 6.54 Å². The Bertz CT molecular complexity index is 657. The summed E-state index contributed by atoms with van der Waals surface area (Å²) in [5.41, 5.74) is 3.56. The van der Waals surface area contributed by atoms with Crippen molar-refractivity contribution in [2.24, 2.45) is 0 Å². The number of hydrogen-bond acceptors (Lipinski definition) is 3. The smallest absolute Gasteiger partial charge is 0.335 e. The highest BCUT2D eigenvalue weighted by atomic mass is 16.4. The minimum absolute atomic E-state index is 0.122. The molecule has 0 radical (unpaired) electrons. The maximum atomic E-state index is 11.9. The van der Waals surface area contributed by atoms with E-state index in [0.717, 1.165) is 22.5 Å². The standard InChI is InChI=1S/C15H17N3O3/c1-9-13(10(2)18-17-9)7-14(19)16-8-11-4-3-5-12(6-11)15(20)21/h3-6H,7-8H2,1-2H3,(H,16,19)(H,17,18)(H,20,21). The maximum Gasteiger partial charge on any atom is 0.335 e. The minimum Gasteiger partial charge on any atom is -0.478 e. The largest absolute Gasteiger partial charge is 0.478 e. The lowest BCUT2D eigenvalue weighted by Gasteiger charge is -2.06. The van der Waals surface area contributed by atoms with Crippen LogP contribution in [-0.2, 0) is 17.8 Å². The summed E-state index contributed by atoms with van der Waals surface area (Å²) < 4.78 is 0. The van der Waals surface area contributed by atoms with Crippen LogP contribution >= 0.6 is 0 Å². The normalized spacial score (nSPS) is 10.4. The molecule has 0 bridgehead atoms. The van der Waals surface area contributed by atoms with Crippen molar-refractivity contribution in [3.63, 3.8) is 0 Å². The Morgan fingerprint density at radius 1 is 1.33 bits per heavy atom. The lowest BCUT2D eigenvalue weighted by Crippen LogP contribution is -2.25. The van der Waals surface area contributed by atoms with Gasteiger partial charge in [0.15, 0.2) is 0 Å². The molecule has 21 heavy (non-hydrogen) atoms. The highest BCUT2D eigenvalue weighted by Gasteiger charge is 2.11. The quantitative estimate of drug-likeness (QED) is 0.778. The van der Waals surface area contributed by atoms with Gasteiger partial charge >= 0.3 is 5.97 Å². The van der Waals surface area contributed by atoms with Crippen LogP contribution < -0.4 is 5.32 Å². The molecule has 1 heterocycles. The van der Waals surface area contributed by atoms with Crippen LogP contribution in [0.1, 0.15) is 32.9 Å². The molecule has 0 spiro atoms. The molecule has 2 aromatic rings. The predicted molar refractivity (Wildman–Crippen MR) is 77.0 cm³/mol. The Labute approximate surface area is 122 Å². The number of benzene rings is 1. The molecule has 6 heteroatoms. The zero-order valence-electron chi connectivity index (χ0n) is 11.9. The van der Waals surface area contributed by atoms with Crippen molar-refractivity contribution in [3.8, 4) is 0 Å². The van der Waals surface area contributed by atoms with E-state index in [1.54, 1.807) is 18.2 Å². The molecule has 0 saturated heterocycles. The van der Waals surface area contributed by atoms with Gasteiger partial charge in [0.05, 0.1) is 17.7 Å². The molecule has 3 N–H and O–H groups in total. The van der Waals surface area contributed by atoms with Crippen LogP contribution in [0.25, 0.3) is 0 Å². The molecule has 0 fully saturated rings. The van der Waals surface area contributed by atoms with Gasteiger partial charge in [-0.05, 0) is 31.5 Å². The Kier molecular flexibility index (Phi) is 4.37. The zero-order valence-corrected chi connectivity index (χ0v) is 11.9. The summed E-state index contributed by atoms with van der Waals surface area (Å²) in [6.45, 7) is 4.03. The molecule has 0 unspecified atom stereocenters. The summed E-state index contributed by atoms with van der Waals surface area (Å²) in [5, 5.41) is 18.6. The maximum absolute atomic E-state index is 11.9. The lowest BCUT2D eigenvalue weighted by atomic mass is 10.1. The highest BCUT2D eigenvalue weighted by Crippen LogP contribution is 2.10. The lowest BCUT2D eigenvalue weighted by molar-refractivity contribution is -0.120. The molecule has 0 saturated carbocycles. The monoisotopic (exact) mass is 287 g/mol. The number of carbonyl (C=O) groups excluding carboxylic acids is 1. The predicted octanol–water partition coefficient (Wildman–Crippen LogP) is 1.58. The fraction of sp³-hybridized carbons (Fsp3) is 0.267. The Hall–Kier alpha value is -2.63. The van der Waals surface area contributed by atoms with Crippen LogP contribution in [0.3, 0.4) is 0 Å². The molecule has 0 aliphatic rings. The van der Waals surface area contributed by atoms with Crippen LogP contribution in [0.4, 0.5) is 0 Å². The fourth-order valence-corrected chi connectivity index (χ4v) is 2.07. The Morgan fingerprint density at radius 3 is 2.71 bits per heavy atom. The van der Waals surface area contributed by atoms with E-state index in [1.165, 1.54) is 6.07 Å². The van der Waals surface area contributed by atoms with Crippen molar-refractivity contribution in [2.75, 3.05) is 0 Å². The van der Waals surface area contributed by atoms with Gasteiger partial charge in [-0.1, -0.05) is 12.1 Å². The number of rotatable bonds is 5. The van der Waals surface area contributed by atoms with Gasteiger partial charge in [0.25, 0.3) is 0 Å². The molecular formula is C15H17N3O3. The number of aromatic amines is 1. The topological polar surface area (TPSA) is 95.1 Å². The van der Waals surface area contributed by atoms with Crippen LogP contribution in [-0.4, -0.2) is 27.2 Å². The third-order valence-corrected chi connectivity index (χ3v) is 3.28. The van der Waals surface area contributed by atoms with Crippen molar-refractivity contribution in [1.82, 2.24) is 15.5 Å². The third kappa shape index (κ3) is 3.68. The van der Waals surface area contributed by atoms with Gasteiger partial charge in [0.1, 0.15) is 0 Å². The van der Waals surface area contributed by atoms with Gasteiger partial charge < -0.3 is 10.4 Å². The molecule has 0 aliphatic carbocycles. The Balaban J connectivity index is 1.95. The number of nitrogens with one attached hydrogen (secondary N) is 2. The van der Waals surface area contributed by atoms with Crippen molar-refractivity contribution in [2.45, 2.75) is 26.8 Å². The van der Waals surface area contributed by atoms with E-state index in [9.17, 15) is 9.59 Å². The molecule has 6 nitrogen and oxygen atoms in total. The first kappa shape index (κ1) is 14.8. The second-order valence-corrected chi connectivity index (χ2v) is 4.87. The first-order valence-electron chi connectivity index (χ1n) is 6.56. The summed E-state index contributed by atoms with van der Waals surface area (Å²) >= 11 is 0. The van der Waals surface area contributed by atoms with Gasteiger partial charge in [-0.25, -0.2) is 4.79 Å². The summed E-state index contributed by atoms with van der Waals surface area (Å²) in [7, 11) is 0. The first-order valence-corrected chi connectivity index (χ1v) is 6.56. The van der Waals surface area contributed by atoms with E-state index in [1.807, 2.05) is 13.8 Å². The molecule has 0 atom stereocenters. The van der Waals surface area contributed by atoms with Crippen LogP contribution in [0, 0.1) is 13.8 Å². The summed E-state index contributed by atoms with van der Waals surface area (Å²) in [5.74, 6) is -1.10. The number of H-pyrrole nitrogens is 1. The van der Waals surface area contributed by atoms with Crippen molar-refractivity contribution in [3.05, 3.63) is 52.3 Å². The fourth-order valence-electron chi connectivity index (χ4n) is 2.07. The zero-order chi connectivity index (χ0) is 15.4. The molecule has 1 aromatic heterocycles. The number of carboxylic acids is 1. The number of aromatic nitrogens is 2. The van der Waals surface area contributed by atoms with Crippen molar-refractivity contribution < 1.29 is 14.7 Å². The van der Waals surface area contributed by atoms with Crippen LogP contribution in [0.2, 0.25) is 0 Å². The van der Waals surface area contributed by atoms with E-state index in [2.05, 4.69) is 15.5 Å². The number of aromatic carboxylic acids is 1.